The van der Waals surface area contributed by atoms with Crippen LogP contribution in [0.1, 0.15) is 80.9 Å². The number of hydrogen-bond donors (Lipinski definition) is 2. The van der Waals surface area contributed by atoms with E-state index in [-0.39, 0.29) is 24.3 Å². The summed E-state index contributed by atoms with van der Waals surface area (Å²) in [6.07, 6.45) is 4.90. The maximum absolute atomic E-state index is 15.1. The van der Waals surface area contributed by atoms with Crippen LogP contribution < -0.4 is 10.0 Å². The van der Waals surface area contributed by atoms with Gasteiger partial charge in [0.2, 0.25) is 10.0 Å². The van der Waals surface area contributed by atoms with Gasteiger partial charge in [-0.2, -0.15) is 0 Å². The summed E-state index contributed by atoms with van der Waals surface area (Å²) in [6, 6.07) is 20.7. The van der Waals surface area contributed by atoms with Crippen LogP contribution in [0.25, 0.3) is 11.0 Å². The first-order valence-electron chi connectivity index (χ1n) is 17.4. The van der Waals surface area contributed by atoms with Gasteiger partial charge in [-0.1, -0.05) is 54.6 Å². The molecular formula is C38H46BFN2O7S. The summed E-state index contributed by atoms with van der Waals surface area (Å²) in [4.78, 5) is 12.9. The van der Waals surface area contributed by atoms with E-state index in [2.05, 4.69) is 10.0 Å². The Morgan fingerprint density at radius 3 is 2.42 bits per heavy atom. The van der Waals surface area contributed by atoms with Crippen LogP contribution in [-0.2, 0) is 30.7 Å². The van der Waals surface area contributed by atoms with Crippen molar-refractivity contribution in [1.82, 2.24) is 10.0 Å². The number of fused-ring (bicyclic) bond motifs is 1. The molecule has 12 heteroatoms. The lowest BCUT2D eigenvalue weighted by Crippen LogP contribution is -2.41. The third-order valence-electron chi connectivity index (χ3n) is 10.1. The number of para-hydroxylation sites is 1. The van der Waals surface area contributed by atoms with Gasteiger partial charge in [0.05, 0.1) is 29.4 Å². The smallest absolute Gasteiger partial charge is 0.458 e. The van der Waals surface area contributed by atoms with Crippen LogP contribution in [0.4, 0.5) is 4.39 Å². The molecule has 4 aromatic rings. The second kappa shape index (κ2) is 15.0. The van der Waals surface area contributed by atoms with E-state index in [1.165, 1.54) is 12.3 Å². The van der Waals surface area contributed by atoms with Gasteiger partial charge in [-0.05, 0) is 101 Å². The summed E-state index contributed by atoms with van der Waals surface area (Å²) in [7, 11) is -4.60. The van der Waals surface area contributed by atoms with Crippen molar-refractivity contribution in [3.8, 4) is 0 Å². The topological polar surface area (TPSA) is 116 Å². The van der Waals surface area contributed by atoms with Crippen LogP contribution in [0.15, 0.2) is 88.4 Å². The molecule has 0 radical (unpaired) electrons. The summed E-state index contributed by atoms with van der Waals surface area (Å²) in [6.45, 7) is 9.08. The number of hydrogen-bond acceptors (Lipinski definition) is 7. The first-order chi connectivity index (χ1) is 23.8. The molecule has 2 aliphatic rings. The second-order valence-electron chi connectivity index (χ2n) is 14.5. The van der Waals surface area contributed by atoms with Gasteiger partial charge < -0.3 is 23.8 Å². The van der Waals surface area contributed by atoms with Crippen LogP contribution in [0.3, 0.4) is 0 Å². The molecule has 50 heavy (non-hydrogen) atoms. The zero-order chi connectivity index (χ0) is 35.5. The monoisotopic (exact) mass is 704 g/mol. The molecule has 2 heterocycles. The molecule has 3 aromatic carbocycles. The maximum atomic E-state index is 15.1. The summed E-state index contributed by atoms with van der Waals surface area (Å²) in [5, 5.41) is 3.74. The normalized spacial score (nSPS) is 18.3. The number of furan rings is 1. The predicted octanol–water partition coefficient (Wildman–Crippen LogP) is 7.44. The van der Waals surface area contributed by atoms with Gasteiger partial charge in [0.1, 0.15) is 22.6 Å². The van der Waals surface area contributed by atoms with Gasteiger partial charge >= 0.3 is 7.12 Å². The lowest BCUT2D eigenvalue weighted by molar-refractivity contribution is 0.00578. The van der Waals surface area contributed by atoms with E-state index in [0.717, 1.165) is 24.5 Å². The molecule has 0 spiro atoms. The minimum absolute atomic E-state index is 0.0354. The standard InChI is InChI=1S/C38H46BFN2O7S/c1-37(2)38(3,4)49-39(48-37)22-27(24-46-23-26-11-6-5-7-12-26)13-10-20-41-50(44,45)34-21-29(18-19-32(34)40)35(28-16-17-28)42-36(43)31-25-47-33-15-9-8-14-30(31)33/h5-9,11-12,14-15,18-19,21,25,27-28,35,41H,10,13,16-17,20,22-24H2,1-4H3,(H,42,43). The molecule has 0 bridgehead atoms. The van der Waals surface area contributed by atoms with E-state index >= 15 is 4.39 Å². The van der Waals surface area contributed by atoms with E-state index in [9.17, 15) is 13.2 Å². The first kappa shape index (κ1) is 36.3. The van der Waals surface area contributed by atoms with E-state index in [1.807, 2.05) is 76.2 Å². The number of amides is 1. The van der Waals surface area contributed by atoms with Gasteiger partial charge in [-0.25, -0.2) is 17.5 Å². The molecule has 2 atom stereocenters. The van der Waals surface area contributed by atoms with Crippen LogP contribution in [0.5, 0.6) is 0 Å². The lowest BCUT2D eigenvalue weighted by atomic mass is 9.76. The minimum Gasteiger partial charge on any atom is -0.463 e. The van der Waals surface area contributed by atoms with Crippen molar-refractivity contribution < 1.29 is 36.1 Å². The minimum atomic E-state index is -4.19. The van der Waals surface area contributed by atoms with Crippen molar-refractivity contribution >= 4 is 34.0 Å². The van der Waals surface area contributed by atoms with Crippen LogP contribution in [-0.4, -0.2) is 45.8 Å². The average molecular weight is 705 g/mol. The number of carbonyl (C=O) groups excluding carboxylic acids is 1. The zero-order valence-corrected chi connectivity index (χ0v) is 29.9. The number of carbonyl (C=O) groups is 1. The number of halogens is 1. The predicted molar refractivity (Wildman–Crippen MR) is 190 cm³/mol. The molecule has 1 aliphatic carbocycles. The molecule has 1 aromatic heterocycles. The summed E-state index contributed by atoms with van der Waals surface area (Å²) < 4.78 is 68.7. The van der Waals surface area contributed by atoms with Crippen molar-refractivity contribution in [2.24, 2.45) is 11.8 Å². The fraction of sp³-hybridized carbons (Fsp3) is 0.447. The van der Waals surface area contributed by atoms with Gasteiger partial charge in [-0.3, -0.25) is 4.79 Å². The highest BCUT2D eigenvalue weighted by molar-refractivity contribution is 7.89. The second-order valence-corrected chi connectivity index (χ2v) is 16.2. The molecule has 1 saturated carbocycles. The van der Waals surface area contributed by atoms with E-state index in [0.29, 0.717) is 54.5 Å². The number of benzene rings is 3. The van der Waals surface area contributed by atoms with Crippen molar-refractivity contribution in [2.45, 2.75) is 88.4 Å². The molecule has 9 nitrogen and oxygen atoms in total. The number of sulfonamides is 1. The van der Waals surface area contributed by atoms with E-state index in [4.69, 9.17) is 18.5 Å². The highest BCUT2D eigenvalue weighted by atomic mass is 32.2. The fourth-order valence-corrected chi connectivity index (χ4v) is 7.57. The molecule has 266 valence electrons. The molecular weight excluding hydrogens is 658 g/mol. The largest absolute Gasteiger partial charge is 0.463 e. The first-order valence-corrected chi connectivity index (χ1v) is 18.8. The van der Waals surface area contributed by atoms with E-state index in [1.54, 1.807) is 12.1 Å². The highest BCUT2D eigenvalue weighted by Gasteiger charge is 2.51. The number of ether oxygens (including phenoxy) is 1. The molecule has 1 saturated heterocycles. The Kier molecular flexibility index (Phi) is 10.9. The maximum Gasteiger partial charge on any atom is 0.458 e. The lowest BCUT2D eigenvalue weighted by Gasteiger charge is -2.32. The Morgan fingerprint density at radius 1 is 1.00 bits per heavy atom. The summed E-state index contributed by atoms with van der Waals surface area (Å²) in [5.41, 5.74) is 1.67. The Morgan fingerprint density at radius 2 is 1.70 bits per heavy atom. The van der Waals surface area contributed by atoms with Crippen molar-refractivity contribution in [2.75, 3.05) is 13.2 Å². The third-order valence-corrected chi connectivity index (χ3v) is 11.6. The fourth-order valence-electron chi connectivity index (χ4n) is 6.39. The third kappa shape index (κ3) is 8.49. The molecule has 1 amide bonds. The number of rotatable bonds is 16. The Labute approximate surface area is 294 Å². The molecule has 6 rings (SSSR count). The Balaban J connectivity index is 1.09. The summed E-state index contributed by atoms with van der Waals surface area (Å²) in [5.74, 6) is -1.03. The SMILES string of the molecule is CC1(C)OB(CC(CCCNS(=O)(=O)c2cc(C(NC(=O)c3coc4ccccc34)C3CC3)ccc2F)COCc2ccccc2)OC1(C)C. The van der Waals surface area contributed by atoms with Crippen LogP contribution in [0.2, 0.25) is 6.32 Å². The molecule has 2 N–H and O–H groups in total. The van der Waals surface area contributed by atoms with Crippen LogP contribution in [0, 0.1) is 17.7 Å². The van der Waals surface area contributed by atoms with Crippen LogP contribution >= 0.6 is 0 Å². The van der Waals surface area contributed by atoms with E-state index < -0.39 is 45.1 Å². The van der Waals surface area contributed by atoms with Gasteiger partial charge in [-0.15, -0.1) is 0 Å². The highest BCUT2D eigenvalue weighted by Crippen LogP contribution is 2.42. The molecule has 2 fully saturated rings. The molecule has 2 unspecified atom stereocenters. The zero-order valence-electron chi connectivity index (χ0n) is 29.1. The molecule has 1 aliphatic heterocycles. The van der Waals surface area contributed by atoms with Crippen molar-refractivity contribution in [1.29, 1.82) is 0 Å². The quantitative estimate of drug-likeness (QED) is 0.0921. The van der Waals surface area contributed by atoms with Crippen molar-refractivity contribution in [3.05, 3.63) is 102 Å². The Bertz CT molecular complexity index is 1880. The van der Waals surface area contributed by atoms with Gasteiger partial charge in [0.25, 0.3) is 5.91 Å². The van der Waals surface area contributed by atoms with Crippen molar-refractivity contribution in [3.63, 3.8) is 0 Å². The summed E-state index contributed by atoms with van der Waals surface area (Å²) >= 11 is 0. The Hall–Kier alpha value is -3.55. The average Bonchev–Trinajstić information content (AvgIpc) is 3.78. The van der Waals surface area contributed by atoms with Gasteiger partial charge in [0, 0.05) is 18.5 Å². The number of nitrogens with one attached hydrogen (secondary N) is 2. The van der Waals surface area contributed by atoms with Gasteiger partial charge in [0.15, 0.2) is 0 Å².